The van der Waals surface area contributed by atoms with Gasteiger partial charge in [0.05, 0.1) is 6.26 Å². The molecule has 1 nitrogen and oxygen atoms in total. The zero-order chi connectivity index (χ0) is 8.10. The minimum Gasteiger partial charge on any atom is -0.617 e. The largest absolute Gasteiger partial charge is 0.617 e. The minimum atomic E-state index is -0.572. The fraction of sp³-hybridized carbons (Fsp3) is 0.889. The van der Waals surface area contributed by atoms with Gasteiger partial charge in [0.15, 0.2) is 0 Å². The summed E-state index contributed by atoms with van der Waals surface area (Å²) in [5.74, 6) is 1.84. The first-order valence-electron chi connectivity index (χ1n) is 4.42. The highest BCUT2D eigenvalue weighted by Crippen LogP contribution is 2.32. The number of rotatable bonds is 6. The van der Waals surface area contributed by atoms with E-state index in [9.17, 15) is 4.55 Å². The summed E-state index contributed by atoms with van der Waals surface area (Å²) < 4.78 is 10.7. The third-order valence-electron chi connectivity index (χ3n) is 2.08. The molecule has 2 heteroatoms. The topological polar surface area (TPSA) is 23.1 Å². The highest BCUT2D eigenvalue weighted by atomic mass is 32.2. The lowest BCUT2D eigenvalue weighted by atomic mass is 10.1. The van der Waals surface area contributed by atoms with Crippen LogP contribution in [0.1, 0.15) is 32.1 Å². The fourth-order valence-corrected chi connectivity index (χ4v) is 1.83. The summed E-state index contributed by atoms with van der Waals surface area (Å²) >= 11 is -0.572. The van der Waals surface area contributed by atoms with Crippen molar-refractivity contribution in [2.45, 2.75) is 32.1 Å². The van der Waals surface area contributed by atoms with E-state index in [1.54, 1.807) is 6.26 Å². The predicted octanol–water partition coefficient (Wildman–Crippen LogP) is 2.15. The SMILES string of the molecule is C[S+]([O-])CCCCCC1[CH]C1. The van der Waals surface area contributed by atoms with Crippen LogP contribution in [0.3, 0.4) is 0 Å². The second kappa shape index (κ2) is 5.04. The fourth-order valence-electron chi connectivity index (χ4n) is 1.22. The maximum Gasteiger partial charge on any atom is 0.105 e. The average Bonchev–Trinajstić information content (AvgIpc) is 2.70. The van der Waals surface area contributed by atoms with Crippen molar-refractivity contribution in [3.63, 3.8) is 0 Å². The molecule has 0 spiro atoms. The molecule has 11 heavy (non-hydrogen) atoms. The van der Waals surface area contributed by atoms with E-state index in [0.29, 0.717) is 0 Å². The smallest absolute Gasteiger partial charge is 0.105 e. The quantitative estimate of drug-likeness (QED) is 0.446. The van der Waals surface area contributed by atoms with E-state index in [2.05, 4.69) is 6.42 Å². The Labute approximate surface area is 72.7 Å². The van der Waals surface area contributed by atoms with Crippen LogP contribution in [0.5, 0.6) is 0 Å². The van der Waals surface area contributed by atoms with Crippen LogP contribution in [-0.4, -0.2) is 16.6 Å². The van der Waals surface area contributed by atoms with Gasteiger partial charge >= 0.3 is 0 Å². The standard InChI is InChI=1S/C9H17OS/c1-11(10)8-4-2-3-5-9-6-7-9/h6,9H,2-5,7-8H2,1H3. The molecular weight excluding hydrogens is 156 g/mol. The van der Waals surface area contributed by atoms with Gasteiger partial charge in [-0.15, -0.1) is 0 Å². The van der Waals surface area contributed by atoms with E-state index in [1.807, 2.05) is 0 Å². The van der Waals surface area contributed by atoms with Crippen LogP contribution >= 0.6 is 0 Å². The number of hydrogen-bond donors (Lipinski definition) is 0. The molecule has 1 rings (SSSR count). The van der Waals surface area contributed by atoms with E-state index in [1.165, 1.54) is 25.7 Å². The molecule has 1 saturated carbocycles. The molecule has 0 amide bonds. The highest BCUT2D eigenvalue weighted by molar-refractivity contribution is 7.90. The van der Waals surface area contributed by atoms with Gasteiger partial charge in [0.25, 0.3) is 0 Å². The van der Waals surface area contributed by atoms with Crippen LogP contribution in [0, 0.1) is 12.3 Å². The van der Waals surface area contributed by atoms with Gasteiger partial charge in [-0.05, 0) is 31.6 Å². The van der Waals surface area contributed by atoms with E-state index in [0.717, 1.165) is 18.1 Å². The van der Waals surface area contributed by atoms with Gasteiger partial charge in [-0.2, -0.15) is 0 Å². The van der Waals surface area contributed by atoms with Crippen LogP contribution in [0.15, 0.2) is 0 Å². The van der Waals surface area contributed by atoms with Gasteiger partial charge in [0, 0.05) is 0 Å². The van der Waals surface area contributed by atoms with Gasteiger partial charge in [0.2, 0.25) is 0 Å². The van der Waals surface area contributed by atoms with Gasteiger partial charge < -0.3 is 4.55 Å². The van der Waals surface area contributed by atoms with Gasteiger partial charge in [-0.1, -0.05) is 24.0 Å². The third kappa shape index (κ3) is 5.57. The maximum absolute atomic E-state index is 10.7. The summed E-state index contributed by atoms with van der Waals surface area (Å²) in [6.45, 7) is 0. The van der Waals surface area contributed by atoms with Crippen LogP contribution in [0.2, 0.25) is 0 Å². The van der Waals surface area contributed by atoms with E-state index in [4.69, 9.17) is 0 Å². The monoisotopic (exact) mass is 173 g/mol. The van der Waals surface area contributed by atoms with E-state index >= 15 is 0 Å². The molecule has 0 heterocycles. The molecule has 0 N–H and O–H groups in total. The lowest BCUT2D eigenvalue weighted by Gasteiger charge is -2.03. The first-order chi connectivity index (χ1) is 5.29. The molecule has 0 bridgehead atoms. The molecule has 2 unspecified atom stereocenters. The molecule has 0 aromatic heterocycles. The van der Waals surface area contributed by atoms with Crippen LogP contribution in [0.4, 0.5) is 0 Å². The summed E-state index contributed by atoms with van der Waals surface area (Å²) in [4.78, 5) is 0. The Morgan fingerprint density at radius 1 is 1.45 bits per heavy atom. The van der Waals surface area contributed by atoms with Crippen molar-refractivity contribution in [3.8, 4) is 0 Å². The lowest BCUT2D eigenvalue weighted by Crippen LogP contribution is -2.02. The normalized spacial score (nSPS) is 20.2. The van der Waals surface area contributed by atoms with Gasteiger partial charge in [0.1, 0.15) is 5.75 Å². The molecular formula is C9H17OS. The molecule has 1 fully saturated rings. The molecule has 0 aromatic carbocycles. The Morgan fingerprint density at radius 2 is 2.18 bits per heavy atom. The van der Waals surface area contributed by atoms with E-state index in [-0.39, 0.29) is 0 Å². The Hall–Kier alpha value is 0.310. The first kappa shape index (κ1) is 9.40. The van der Waals surface area contributed by atoms with Crippen molar-refractivity contribution in [1.29, 1.82) is 0 Å². The number of unbranched alkanes of at least 4 members (excludes halogenated alkanes) is 2. The van der Waals surface area contributed by atoms with Crippen molar-refractivity contribution in [2.24, 2.45) is 5.92 Å². The Kier molecular flexibility index (Phi) is 4.31. The maximum atomic E-state index is 10.7. The first-order valence-corrected chi connectivity index (χ1v) is 6.15. The van der Waals surface area contributed by atoms with Crippen molar-refractivity contribution < 1.29 is 4.55 Å². The molecule has 0 aromatic rings. The van der Waals surface area contributed by atoms with Crippen LogP contribution < -0.4 is 0 Å². The van der Waals surface area contributed by atoms with Crippen LogP contribution in [0.25, 0.3) is 0 Å². The molecule has 1 aliphatic rings. The van der Waals surface area contributed by atoms with Crippen molar-refractivity contribution in [1.82, 2.24) is 0 Å². The lowest BCUT2D eigenvalue weighted by molar-refractivity contribution is 0.588. The molecule has 1 aliphatic carbocycles. The van der Waals surface area contributed by atoms with Gasteiger partial charge in [-0.25, -0.2) is 0 Å². The van der Waals surface area contributed by atoms with E-state index < -0.39 is 11.2 Å². The average molecular weight is 173 g/mol. The number of hydrogen-bond acceptors (Lipinski definition) is 1. The molecule has 0 saturated heterocycles. The van der Waals surface area contributed by atoms with Crippen molar-refractivity contribution in [3.05, 3.63) is 6.42 Å². The summed E-state index contributed by atoms with van der Waals surface area (Å²) in [5, 5.41) is 0. The molecule has 1 radical (unpaired) electrons. The second-order valence-electron chi connectivity index (χ2n) is 3.36. The Balaban J connectivity index is 1.73. The molecule has 2 atom stereocenters. The Bertz CT molecular complexity index is 95.7. The van der Waals surface area contributed by atoms with Crippen molar-refractivity contribution in [2.75, 3.05) is 12.0 Å². The molecule has 65 valence electrons. The molecule has 0 aliphatic heterocycles. The zero-order valence-electron chi connectivity index (χ0n) is 7.21. The summed E-state index contributed by atoms with van der Waals surface area (Å²) in [6, 6.07) is 0. The zero-order valence-corrected chi connectivity index (χ0v) is 8.03. The van der Waals surface area contributed by atoms with Crippen LogP contribution in [-0.2, 0) is 11.2 Å². The summed E-state index contributed by atoms with van der Waals surface area (Å²) in [7, 11) is 0. The van der Waals surface area contributed by atoms with Crippen molar-refractivity contribution >= 4 is 11.2 Å². The third-order valence-corrected chi connectivity index (χ3v) is 2.94. The summed E-state index contributed by atoms with van der Waals surface area (Å²) in [6.07, 6.45) is 10.6. The van der Waals surface area contributed by atoms with Gasteiger partial charge in [-0.3, -0.25) is 0 Å². The minimum absolute atomic E-state index is 0.572. The highest BCUT2D eigenvalue weighted by Gasteiger charge is 2.20. The predicted molar refractivity (Wildman–Crippen MR) is 49.8 cm³/mol. The summed E-state index contributed by atoms with van der Waals surface area (Å²) in [5.41, 5.74) is 0. The second-order valence-corrected chi connectivity index (χ2v) is 4.91. The Morgan fingerprint density at radius 3 is 2.73 bits per heavy atom.